The lowest BCUT2D eigenvalue weighted by Crippen LogP contribution is -2.09. The highest BCUT2D eigenvalue weighted by Crippen LogP contribution is 2.09. The number of ether oxygens (including phenoxy) is 1. The van der Waals surface area contributed by atoms with Crippen molar-refractivity contribution in [2.75, 3.05) is 0 Å². The number of carbonyl (C=O) groups excluding carboxylic acids is 1. The van der Waals surface area contributed by atoms with Crippen molar-refractivity contribution in [2.24, 2.45) is 0 Å². The number of nitrogens with zero attached hydrogens (tertiary/aromatic N) is 2. The molecule has 0 saturated carbocycles. The topological polar surface area (TPSA) is 63.0 Å². The first kappa shape index (κ1) is 10.8. The zero-order valence-corrected chi connectivity index (χ0v) is 8.83. The lowest BCUT2D eigenvalue weighted by Gasteiger charge is -2.02. The summed E-state index contributed by atoms with van der Waals surface area (Å²) in [6.45, 7) is 0. The third-order valence-corrected chi connectivity index (χ3v) is 2.07. The van der Waals surface area contributed by atoms with Crippen LogP contribution in [-0.4, -0.2) is 11.0 Å². The van der Waals surface area contributed by atoms with Crippen LogP contribution in [0.3, 0.4) is 0 Å². The van der Waals surface area contributed by atoms with E-state index in [0.717, 1.165) is 0 Å². The fourth-order valence-corrected chi connectivity index (χ4v) is 1.23. The second-order valence-corrected chi connectivity index (χ2v) is 3.25. The zero-order chi connectivity index (χ0) is 12.1. The van der Waals surface area contributed by atoms with Gasteiger partial charge >= 0.3 is 5.97 Å². The van der Waals surface area contributed by atoms with Crippen molar-refractivity contribution < 1.29 is 9.53 Å². The first-order valence-corrected chi connectivity index (χ1v) is 4.93. The van der Waals surface area contributed by atoms with E-state index in [1.165, 1.54) is 12.3 Å². The number of carbonyl (C=O) groups is 1. The van der Waals surface area contributed by atoms with Crippen LogP contribution in [0.15, 0.2) is 48.7 Å². The fourth-order valence-electron chi connectivity index (χ4n) is 1.23. The molecule has 0 saturated heterocycles. The largest absolute Gasteiger partial charge is 0.404 e. The maximum atomic E-state index is 11.6. The molecule has 4 heteroatoms. The third-order valence-electron chi connectivity index (χ3n) is 2.07. The van der Waals surface area contributed by atoms with E-state index < -0.39 is 5.97 Å². The molecule has 2 aromatic rings. The summed E-state index contributed by atoms with van der Waals surface area (Å²) in [5, 5.41) is 8.59. The molecule has 1 heterocycles. The summed E-state index contributed by atoms with van der Waals surface area (Å²) in [7, 11) is 0. The number of hydrogen-bond donors (Lipinski definition) is 0. The molecule has 0 spiro atoms. The normalized spacial score (nSPS) is 9.35. The van der Waals surface area contributed by atoms with Crippen molar-refractivity contribution in [3.63, 3.8) is 0 Å². The molecule has 0 amide bonds. The fraction of sp³-hybridized carbons (Fsp3) is 0. The molecule has 0 atom stereocenters. The zero-order valence-electron chi connectivity index (χ0n) is 8.83. The molecule has 0 bridgehead atoms. The van der Waals surface area contributed by atoms with Crippen LogP contribution in [0.4, 0.5) is 0 Å². The molecule has 0 fully saturated rings. The number of hydrogen-bond acceptors (Lipinski definition) is 4. The molecule has 1 aromatic heterocycles. The highest BCUT2D eigenvalue weighted by molar-refractivity contribution is 5.90. The molecule has 1 aromatic carbocycles. The molecule has 0 aliphatic carbocycles. The molecular weight excluding hydrogens is 216 g/mol. The Kier molecular flexibility index (Phi) is 3.13. The Morgan fingerprint density at radius 3 is 2.53 bits per heavy atom. The van der Waals surface area contributed by atoms with Crippen molar-refractivity contribution in [1.82, 2.24) is 4.98 Å². The van der Waals surface area contributed by atoms with Crippen molar-refractivity contribution in [3.8, 4) is 11.9 Å². The molecule has 17 heavy (non-hydrogen) atoms. The van der Waals surface area contributed by atoms with Crippen LogP contribution in [-0.2, 0) is 0 Å². The van der Waals surface area contributed by atoms with Crippen LogP contribution >= 0.6 is 0 Å². The van der Waals surface area contributed by atoms with Gasteiger partial charge in [-0.3, -0.25) is 0 Å². The Balaban J connectivity index is 2.11. The quantitative estimate of drug-likeness (QED) is 0.733. The molecule has 4 nitrogen and oxygen atoms in total. The highest BCUT2D eigenvalue weighted by Gasteiger charge is 2.08. The van der Waals surface area contributed by atoms with E-state index >= 15 is 0 Å². The Bertz CT molecular complexity index is 556. The van der Waals surface area contributed by atoms with Crippen LogP contribution < -0.4 is 4.74 Å². The van der Waals surface area contributed by atoms with Crippen LogP contribution in [0.2, 0.25) is 0 Å². The summed E-state index contributed by atoms with van der Waals surface area (Å²) in [5.74, 6) is -0.291. The van der Waals surface area contributed by atoms with Crippen LogP contribution in [0, 0.1) is 11.3 Å². The lowest BCUT2D eigenvalue weighted by atomic mass is 10.2. The van der Waals surface area contributed by atoms with Gasteiger partial charge in [0.2, 0.25) is 5.88 Å². The number of esters is 1. The highest BCUT2D eigenvalue weighted by atomic mass is 16.5. The van der Waals surface area contributed by atoms with Gasteiger partial charge in [0.25, 0.3) is 0 Å². The average Bonchev–Trinajstić information content (AvgIpc) is 2.40. The minimum absolute atomic E-state index is 0.179. The second kappa shape index (κ2) is 4.90. The van der Waals surface area contributed by atoms with Crippen molar-refractivity contribution in [2.45, 2.75) is 0 Å². The van der Waals surface area contributed by atoms with Gasteiger partial charge in [-0.15, -0.1) is 0 Å². The predicted octanol–water partition coefficient (Wildman–Crippen LogP) is 2.17. The summed E-state index contributed by atoms with van der Waals surface area (Å²) in [4.78, 5) is 15.5. The van der Waals surface area contributed by atoms with Crippen LogP contribution in [0.5, 0.6) is 5.88 Å². The first-order chi connectivity index (χ1) is 8.29. The van der Waals surface area contributed by atoms with E-state index in [9.17, 15) is 4.79 Å². The average molecular weight is 224 g/mol. The first-order valence-electron chi connectivity index (χ1n) is 4.93. The molecule has 2 rings (SSSR count). The van der Waals surface area contributed by atoms with Gasteiger partial charge in [0, 0.05) is 12.3 Å². The number of pyridine rings is 1. The van der Waals surface area contributed by atoms with Gasteiger partial charge in [-0.25, -0.2) is 9.78 Å². The number of benzene rings is 1. The Morgan fingerprint density at radius 2 is 1.94 bits per heavy atom. The number of aromatic nitrogens is 1. The minimum atomic E-state index is -0.470. The minimum Gasteiger partial charge on any atom is -0.404 e. The summed E-state index contributed by atoms with van der Waals surface area (Å²) >= 11 is 0. The Labute approximate surface area is 98.1 Å². The van der Waals surface area contributed by atoms with E-state index in [4.69, 9.17) is 10.00 Å². The molecule has 0 N–H and O–H groups in total. The monoisotopic (exact) mass is 224 g/mol. The van der Waals surface area contributed by atoms with Gasteiger partial charge in [0.15, 0.2) is 0 Å². The van der Waals surface area contributed by atoms with Gasteiger partial charge < -0.3 is 4.74 Å². The van der Waals surface area contributed by atoms with E-state index in [-0.39, 0.29) is 5.88 Å². The number of rotatable bonds is 2. The van der Waals surface area contributed by atoms with Crippen molar-refractivity contribution in [1.29, 1.82) is 5.26 Å². The molecular formula is C13H8N2O2. The van der Waals surface area contributed by atoms with E-state index in [1.807, 2.05) is 12.1 Å². The molecule has 82 valence electrons. The summed E-state index contributed by atoms with van der Waals surface area (Å²) in [5.41, 5.74) is 0.878. The molecule has 0 unspecified atom stereocenters. The molecule has 0 radical (unpaired) electrons. The molecule has 0 aliphatic rings. The van der Waals surface area contributed by atoms with Gasteiger partial charge in [-0.1, -0.05) is 18.2 Å². The molecule has 0 aliphatic heterocycles. The van der Waals surface area contributed by atoms with Gasteiger partial charge in [-0.2, -0.15) is 5.26 Å². The van der Waals surface area contributed by atoms with E-state index in [1.54, 1.807) is 30.3 Å². The van der Waals surface area contributed by atoms with Gasteiger partial charge in [-0.05, 0) is 18.2 Å². The smallest absolute Gasteiger partial charge is 0.344 e. The maximum Gasteiger partial charge on any atom is 0.344 e. The maximum absolute atomic E-state index is 11.6. The van der Waals surface area contributed by atoms with Gasteiger partial charge in [0.05, 0.1) is 11.1 Å². The summed E-state index contributed by atoms with van der Waals surface area (Å²) in [6.07, 6.45) is 1.35. The van der Waals surface area contributed by atoms with Gasteiger partial charge in [0.1, 0.15) is 6.07 Å². The standard InChI is InChI=1S/C13H8N2O2/c14-8-10-6-7-12(15-9-10)17-13(16)11-4-2-1-3-5-11/h1-7,9H. The summed E-state index contributed by atoms with van der Waals surface area (Å²) in [6, 6.07) is 13.6. The van der Waals surface area contributed by atoms with Crippen molar-refractivity contribution >= 4 is 5.97 Å². The third kappa shape index (κ3) is 2.67. The Hall–Kier alpha value is -2.67. The van der Waals surface area contributed by atoms with Crippen molar-refractivity contribution in [3.05, 3.63) is 59.8 Å². The van der Waals surface area contributed by atoms with Crippen LogP contribution in [0.25, 0.3) is 0 Å². The second-order valence-electron chi connectivity index (χ2n) is 3.25. The predicted molar refractivity (Wildman–Crippen MR) is 60.4 cm³/mol. The Morgan fingerprint density at radius 1 is 1.18 bits per heavy atom. The summed E-state index contributed by atoms with van der Waals surface area (Å²) < 4.78 is 5.04. The van der Waals surface area contributed by atoms with Crippen LogP contribution in [0.1, 0.15) is 15.9 Å². The number of nitriles is 1. The lowest BCUT2D eigenvalue weighted by molar-refractivity contribution is 0.0727. The SMILES string of the molecule is N#Cc1ccc(OC(=O)c2ccccc2)nc1. The van der Waals surface area contributed by atoms with E-state index in [0.29, 0.717) is 11.1 Å². The van der Waals surface area contributed by atoms with E-state index in [2.05, 4.69) is 4.98 Å².